The maximum absolute atomic E-state index is 5.21. The Balaban J connectivity index is 2.06. The summed E-state index contributed by atoms with van der Waals surface area (Å²) in [5.74, 6) is 0.694. The first kappa shape index (κ1) is 12.7. The molecule has 1 N–H and O–H groups in total. The van der Waals surface area contributed by atoms with Gasteiger partial charge in [0.05, 0.1) is 0 Å². The fourth-order valence-electron chi connectivity index (χ4n) is 1.62. The van der Waals surface area contributed by atoms with Crippen LogP contribution in [0, 0.1) is 12.3 Å². The number of aromatic nitrogens is 1. The zero-order chi connectivity index (χ0) is 13.2. The first-order valence-corrected chi connectivity index (χ1v) is 6.20. The molecule has 0 spiro atoms. The van der Waals surface area contributed by atoms with E-state index < -0.39 is 0 Å². The molecule has 1 aromatic heterocycles. The highest BCUT2D eigenvalue weighted by Crippen LogP contribution is 2.21. The van der Waals surface area contributed by atoms with Gasteiger partial charge in [-0.15, -0.1) is 0 Å². The van der Waals surface area contributed by atoms with Gasteiger partial charge in [-0.2, -0.15) is 0 Å². The molecule has 96 valence electrons. The van der Waals surface area contributed by atoms with Crippen LogP contribution in [0.4, 0.5) is 5.69 Å². The summed E-state index contributed by atoms with van der Waals surface area (Å²) < 4.78 is 5.21. The predicted octanol–water partition coefficient (Wildman–Crippen LogP) is 4.11. The van der Waals surface area contributed by atoms with Crippen LogP contribution in [0.25, 0.3) is 11.3 Å². The SMILES string of the molecule is Cc1nc(-c2ccc(NCC(C)(C)C)cc2)co1. The maximum Gasteiger partial charge on any atom is 0.191 e. The van der Waals surface area contributed by atoms with Gasteiger partial charge in [0.2, 0.25) is 0 Å². The standard InChI is InChI=1S/C15H20N2O/c1-11-17-14(9-18-11)12-5-7-13(8-6-12)16-10-15(2,3)4/h5-9,16H,10H2,1-4H3. The van der Waals surface area contributed by atoms with Crippen LogP contribution >= 0.6 is 0 Å². The molecule has 0 saturated heterocycles. The average molecular weight is 244 g/mol. The van der Waals surface area contributed by atoms with E-state index in [4.69, 9.17) is 4.42 Å². The molecule has 0 amide bonds. The van der Waals surface area contributed by atoms with Crippen molar-refractivity contribution in [3.8, 4) is 11.3 Å². The molecule has 18 heavy (non-hydrogen) atoms. The van der Waals surface area contributed by atoms with Gasteiger partial charge in [0.15, 0.2) is 5.89 Å². The number of hydrogen-bond acceptors (Lipinski definition) is 3. The second-order valence-electron chi connectivity index (χ2n) is 5.74. The summed E-state index contributed by atoms with van der Waals surface area (Å²) in [7, 11) is 0. The molecule has 0 atom stereocenters. The molecule has 1 aromatic carbocycles. The smallest absolute Gasteiger partial charge is 0.191 e. The number of rotatable bonds is 3. The van der Waals surface area contributed by atoms with Crippen molar-refractivity contribution in [1.82, 2.24) is 4.98 Å². The summed E-state index contributed by atoms with van der Waals surface area (Å²) >= 11 is 0. The summed E-state index contributed by atoms with van der Waals surface area (Å²) in [6.07, 6.45) is 1.69. The number of nitrogens with zero attached hydrogens (tertiary/aromatic N) is 1. The zero-order valence-corrected chi connectivity index (χ0v) is 11.4. The van der Waals surface area contributed by atoms with Crippen molar-refractivity contribution in [2.45, 2.75) is 27.7 Å². The second kappa shape index (κ2) is 4.84. The summed E-state index contributed by atoms with van der Waals surface area (Å²) in [5, 5.41) is 3.42. The lowest BCUT2D eigenvalue weighted by atomic mass is 9.97. The number of hydrogen-bond donors (Lipinski definition) is 1. The third-order valence-corrected chi connectivity index (χ3v) is 2.62. The lowest BCUT2D eigenvalue weighted by Crippen LogP contribution is -2.18. The normalized spacial score (nSPS) is 11.6. The molecule has 1 heterocycles. The zero-order valence-electron chi connectivity index (χ0n) is 11.4. The fraction of sp³-hybridized carbons (Fsp3) is 0.400. The third kappa shape index (κ3) is 3.36. The Bertz CT molecular complexity index is 506. The minimum Gasteiger partial charge on any atom is -0.449 e. The van der Waals surface area contributed by atoms with Crippen molar-refractivity contribution in [2.24, 2.45) is 5.41 Å². The lowest BCUT2D eigenvalue weighted by Gasteiger charge is -2.19. The summed E-state index contributed by atoms with van der Waals surface area (Å²) in [6, 6.07) is 8.26. The number of aryl methyl sites for hydroxylation is 1. The molecular formula is C15H20N2O. The van der Waals surface area contributed by atoms with E-state index in [2.05, 4.69) is 55.3 Å². The third-order valence-electron chi connectivity index (χ3n) is 2.62. The van der Waals surface area contributed by atoms with E-state index in [1.807, 2.05) is 6.92 Å². The van der Waals surface area contributed by atoms with Crippen LogP contribution in [0.1, 0.15) is 26.7 Å². The first-order valence-electron chi connectivity index (χ1n) is 6.20. The van der Waals surface area contributed by atoms with Crippen LogP contribution < -0.4 is 5.32 Å². The Morgan fingerprint density at radius 1 is 1.17 bits per heavy atom. The van der Waals surface area contributed by atoms with E-state index in [9.17, 15) is 0 Å². The van der Waals surface area contributed by atoms with Gasteiger partial charge in [0.1, 0.15) is 12.0 Å². The molecule has 3 nitrogen and oxygen atoms in total. The highest BCUT2D eigenvalue weighted by Gasteiger charge is 2.09. The molecule has 0 aliphatic rings. The van der Waals surface area contributed by atoms with Crippen molar-refractivity contribution in [3.05, 3.63) is 36.4 Å². The van der Waals surface area contributed by atoms with Crippen molar-refractivity contribution in [2.75, 3.05) is 11.9 Å². The largest absolute Gasteiger partial charge is 0.449 e. The highest BCUT2D eigenvalue weighted by molar-refractivity contribution is 5.61. The van der Waals surface area contributed by atoms with Crippen molar-refractivity contribution >= 4 is 5.69 Å². The van der Waals surface area contributed by atoms with Gasteiger partial charge in [0, 0.05) is 24.7 Å². The number of benzene rings is 1. The molecule has 0 unspecified atom stereocenters. The van der Waals surface area contributed by atoms with E-state index in [1.165, 1.54) is 0 Å². The molecule has 3 heteroatoms. The Morgan fingerprint density at radius 3 is 2.33 bits per heavy atom. The predicted molar refractivity (Wildman–Crippen MR) is 74.6 cm³/mol. The average Bonchev–Trinajstić information content (AvgIpc) is 2.73. The van der Waals surface area contributed by atoms with Crippen LogP contribution in [-0.2, 0) is 0 Å². The van der Waals surface area contributed by atoms with Crippen LogP contribution in [0.15, 0.2) is 34.9 Å². The molecule has 0 fully saturated rings. The Kier molecular flexibility index (Phi) is 3.41. The minimum atomic E-state index is 0.280. The van der Waals surface area contributed by atoms with E-state index in [0.29, 0.717) is 5.89 Å². The van der Waals surface area contributed by atoms with E-state index in [-0.39, 0.29) is 5.41 Å². The Labute approximate surface area is 108 Å². The van der Waals surface area contributed by atoms with Crippen LogP contribution in [0.3, 0.4) is 0 Å². The quantitative estimate of drug-likeness (QED) is 0.883. The Hall–Kier alpha value is -1.77. The minimum absolute atomic E-state index is 0.280. The first-order chi connectivity index (χ1) is 8.44. The van der Waals surface area contributed by atoms with Gasteiger partial charge in [-0.05, 0) is 17.5 Å². The molecule has 2 rings (SSSR count). The molecule has 0 aliphatic heterocycles. The van der Waals surface area contributed by atoms with Gasteiger partial charge < -0.3 is 9.73 Å². The number of anilines is 1. The van der Waals surface area contributed by atoms with Gasteiger partial charge >= 0.3 is 0 Å². The van der Waals surface area contributed by atoms with E-state index in [0.717, 1.165) is 23.5 Å². The number of oxazole rings is 1. The van der Waals surface area contributed by atoms with Crippen molar-refractivity contribution in [3.63, 3.8) is 0 Å². The second-order valence-corrected chi connectivity index (χ2v) is 5.74. The molecule has 0 aliphatic carbocycles. The summed E-state index contributed by atoms with van der Waals surface area (Å²) in [6.45, 7) is 9.45. The topological polar surface area (TPSA) is 38.1 Å². The van der Waals surface area contributed by atoms with Crippen molar-refractivity contribution < 1.29 is 4.42 Å². The Morgan fingerprint density at radius 2 is 1.83 bits per heavy atom. The fourth-order valence-corrected chi connectivity index (χ4v) is 1.62. The van der Waals surface area contributed by atoms with Crippen LogP contribution in [-0.4, -0.2) is 11.5 Å². The molecular weight excluding hydrogens is 224 g/mol. The number of nitrogens with one attached hydrogen (secondary N) is 1. The summed E-state index contributed by atoms with van der Waals surface area (Å²) in [4.78, 5) is 4.31. The summed E-state index contributed by atoms with van der Waals surface area (Å²) in [5.41, 5.74) is 3.37. The monoisotopic (exact) mass is 244 g/mol. The lowest BCUT2D eigenvalue weighted by molar-refractivity contribution is 0.443. The van der Waals surface area contributed by atoms with Crippen molar-refractivity contribution in [1.29, 1.82) is 0 Å². The van der Waals surface area contributed by atoms with E-state index >= 15 is 0 Å². The van der Waals surface area contributed by atoms with Crippen LogP contribution in [0.2, 0.25) is 0 Å². The van der Waals surface area contributed by atoms with Gasteiger partial charge in [0.25, 0.3) is 0 Å². The van der Waals surface area contributed by atoms with Gasteiger partial charge in [-0.3, -0.25) is 0 Å². The molecule has 0 radical (unpaired) electrons. The van der Waals surface area contributed by atoms with Crippen LogP contribution in [0.5, 0.6) is 0 Å². The van der Waals surface area contributed by atoms with Gasteiger partial charge in [-0.1, -0.05) is 32.9 Å². The molecule has 0 bridgehead atoms. The molecule has 2 aromatic rings. The maximum atomic E-state index is 5.21. The van der Waals surface area contributed by atoms with Gasteiger partial charge in [-0.25, -0.2) is 4.98 Å². The molecule has 0 saturated carbocycles. The van der Waals surface area contributed by atoms with E-state index in [1.54, 1.807) is 6.26 Å². The highest BCUT2D eigenvalue weighted by atomic mass is 16.3.